The first-order chi connectivity index (χ1) is 13.0. The average Bonchev–Trinajstić information content (AvgIpc) is 3.03. The van der Waals surface area contributed by atoms with Gasteiger partial charge in [-0.1, -0.05) is 30.3 Å². The molecule has 2 aromatic carbocycles. The van der Waals surface area contributed by atoms with Crippen LogP contribution in [0.4, 0.5) is 4.39 Å². The molecule has 1 aromatic heterocycles. The van der Waals surface area contributed by atoms with Crippen LogP contribution in [0.1, 0.15) is 33.6 Å². The van der Waals surface area contributed by atoms with Crippen LogP contribution >= 0.6 is 0 Å². The van der Waals surface area contributed by atoms with Crippen molar-refractivity contribution in [1.29, 1.82) is 0 Å². The zero-order valence-corrected chi connectivity index (χ0v) is 14.8. The highest BCUT2D eigenvalue weighted by molar-refractivity contribution is 5.94. The summed E-state index contributed by atoms with van der Waals surface area (Å²) in [5.74, 6) is 0.126. The van der Waals surface area contributed by atoms with E-state index in [1.807, 2.05) is 37.3 Å². The number of phenols is 1. The average molecular weight is 366 g/mol. The van der Waals surface area contributed by atoms with E-state index in [0.29, 0.717) is 18.8 Å². The second-order valence-electron chi connectivity index (χ2n) is 6.73. The predicted molar refractivity (Wildman–Crippen MR) is 96.7 cm³/mol. The Bertz CT molecular complexity index is 987. The maximum Gasteiger partial charge on any atom is 0.257 e. The van der Waals surface area contributed by atoms with Crippen LogP contribution in [-0.2, 0) is 13.0 Å². The lowest BCUT2D eigenvalue weighted by atomic mass is 10.0. The van der Waals surface area contributed by atoms with Gasteiger partial charge in [0.05, 0.1) is 18.2 Å². The van der Waals surface area contributed by atoms with E-state index in [1.54, 1.807) is 4.90 Å². The van der Waals surface area contributed by atoms with Crippen molar-refractivity contribution in [3.8, 4) is 5.75 Å². The number of hydrogen-bond acceptors (Lipinski definition) is 4. The van der Waals surface area contributed by atoms with Crippen molar-refractivity contribution in [2.24, 2.45) is 0 Å². The molecular formula is C20H19FN4O2. The Morgan fingerprint density at radius 3 is 2.74 bits per heavy atom. The van der Waals surface area contributed by atoms with Gasteiger partial charge in [0, 0.05) is 12.6 Å². The fourth-order valence-corrected chi connectivity index (χ4v) is 3.61. The van der Waals surface area contributed by atoms with E-state index in [0.717, 1.165) is 17.5 Å². The monoisotopic (exact) mass is 366 g/mol. The van der Waals surface area contributed by atoms with Crippen molar-refractivity contribution in [2.45, 2.75) is 25.9 Å². The Labute approximate surface area is 155 Å². The van der Waals surface area contributed by atoms with Crippen LogP contribution in [0.2, 0.25) is 0 Å². The number of halogens is 1. The maximum absolute atomic E-state index is 14.2. The number of fused-ring (bicyclic) bond motifs is 1. The third-order valence-electron chi connectivity index (χ3n) is 4.85. The van der Waals surface area contributed by atoms with E-state index in [9.17, 15) is 14.3 Å². The fourth-order valence-electron chi connectivity index (χ4n) is 3.61. The number of aryl methyl sites for hydroxylation is 1. The Hall–Kier alpha value is -3.22. The first-order valence-electron chi connectivity index (χ1n) is 8.75. The lowest BCUT2D eigenvalue weighted by Crippen LogP contribution is -2.42. The van der Waals surface area contributed by atoms with Gasteiger partial charge in [0.1, 0.15) is 17.4 Å². The van der Waals surface area contributed by atoms with Gasteiger partial charge in [0.25, 0.3) is 5.91 Å². The second-order valence-corrected chi connectivity index (χ2v) is 6.73. The van der Waals surface area contributed by atoms with Gasteiger partial charge >= 0.3 is 0 Å². The number of aromatic nitrogens is 3. The summed E-state index contributed by atoms with van der Waals surface area (Å²) < 4.78 is 16.2. The van der Waals surface area contributed by atoms with Gasteiger partial charge in [0.2, 0.25) is 0 Å². The molecule has 0 saturated carbocycles. The van der Waals surface area contributed by atoms with Crippen molar-refractivity contribution in [3.63, 3.8) is 0 Å². The van der Waals surface area contributed by atoms with Crippen molar-refractivity contribution in [3.05, 3.63) is 77.1 Å². The number of rotatable bonds is 3. The second kappa shape index (κ2) is 6.83. The van der Waals surface area contributed by atoms with Crippen LogP contribution in [-0.4, -0.2) is 37.2 Å². The molecule has 0 unspecified atom stereocenters. The molecule has 3 aromatic rings. The van der Waals surface area contributed by atoms with Crippen molar-refractivity contribution in [1.82, 2.24) is 19.7 Å². The summed E-state index contributed by atoms with van der Waals surface area (Å²) in [5, 5.41) is 17.7. The van der Waals surface area contributed by atoms with Gasteiger partial charge in [-0.3, -0.25) is 4.79 Å². The molecule has 0 radical (unpaired) electrons. The number of aromatic hydroxyl groups is 1. The molecule has 0 bridgehead atoms. The van der Waals surface area contributed by atoms with E-state index in [1.165, 1.54) is 12.1 Å². The first kappa shape index (κ1) is 17.2. The number of amides is 1. The normalized spacial score (nSPS) is 16.2. The number of phenolic OH excluding ortho intramolecular Hbond substituents is 1. The van der Waals surface area contributed by atoms with Crippen molar-refractivity contribution in [2.75, 3.05) is 6.54 Å². The molecule has 0 spiro atoms. The summed E-state index contributed by atoms with van der Waals surface area (Å²) in [6.07, 6.45) is 0.717. The molecule has 1 aliphatic rings. The van der Waals surface area contributed by atoms with Gasteiger partial charge in [0.15, 0.2) is 5.82 Å². The summed E-state index contributed by atoms with van der Waals surface area (Å²) in [7, 11) is 0. The zero-order chi connectivity index (χ0) is 19.0. The van der Waals surface area contributed by atoms with Crippen LogP contribution in [0.5, 0.6) is 5.75 Å². The fraction of sp³-hybridized carbons (Fsp3) is 0.250. The lowest BCUT2D eigenvalue weighted by Gasteiger charge is -2.34. The summed E-state index contributed by atoms with van der Waals surface area (Å²) in [6.45, 7) is 2.59. The molecule has 138 valence electrons. The molecule has 1 atom stereocenters. The molecule has 1 aliphatic heterocycles. The van der Waals surface area contributed by atoms with E-state index >= 15 is 0 Å². The van der Waals surface area contributed by atoms with Gasteiger partial charge in [-0.15, -0.1) is 10.2 Å². The van der Waals surface area contributed by atoms with E-state index in [-0.39, 0.29) is 23.9 Å². The molecule has 4 rings (SSSR count). The van der Waals surface area contributed by atoms with Crippen LogP contribution in [0.15, 0.2) is 48.5 Å². The highest BCUT2D eigenvalue weighted by Gasteiger charge is 2.32. The minimum absolute atomic E-state index is 0.0322. The SMILES string of the molecule is Cc1nnc2n1[C@H](Cc1ccccc1)CN(C(=O)c1ccc(O)cc1F)C2. The Morgan fingerprint density at radius 1 is 1.22 bits per heavy atom. The van der Waals surface area contributed by atoms with Gasteiger partial charge in [-0.2, -0.15) is 0 Å². The van der Waals surface area contributed by atoms with E-state index in [2.05, 4.69) is 14.8 Å². The Balaban J connectivity index is 1.65. The van der Waals surface area contributed by atoms with Crippen molar-refractivity contribution < 1.29 is 14.3 Å². The molecular weight excluding hydrogens is 347 g/mol. The van der Waals surface area contributed by atoms with Gasteiger partial charge in [-0.25, -0.2) is 4.39 Å². The summed E-state index contributed by atoms with van der Waals surface area (Å²) in [4.78, 5) is 14.5. The summed E-state index contributed by atoms with van der Waals surface area (Å²) >= 11 is 0. The van der Waals surface area contributed by atoms with Crippen LogP contribution < -0.4 is 0 Å². The molecule has 1 N–H and O–H groups in total. The molecule has 0 aliphatic carbocycles. The largest absolute Gasteiger partial charge is 0.508 e. The number of carbonyl (C=O) groups excluding carboxylic acids is 1. The first-order valence-corrected chi connectivity index (χ1v) is 8.75. The summed E-state index contributed by atoms with van der Waals surface area (Å²) in [5.41, 5.74) is 1.09. The molecule has 2 heterocycles. The molecule has 1 amide bonds. The van der Waals surface area contributed by atoms with Gasteiger partial charge < -0.3 is 14.6 Å². The zero-order valence-electron chi connectivity index (χ0n) is 14.8. The molecule has 0 saturated heterocycles. The summed E-state index contributed by atoms with van der Waals surface area (Å²) in [6, 6.07) is 13.5. The number of carbonyl (C=O) groups is 1. The molecule has 0 fully saturated rings. The minimum Gasteiger partial charge on any atom is -0.508 e. The van der Waals surface area contributed by atoms with Crippen LogP contribution in [0, 0.1) is 12.7 Å². The molecule has 7 heteroatoms. The quantitative estimate of drug-likeness (QED) is 0.774. The number of nitrogens with zero attached hydrogens (tertiary/aromatic N) is 4. The van der Waals surface area contributed by atoms with E-state index < -0.39 is 11.7 Å². The number of hydrogen-bond donors (Lipinski definition) is 1. The molecule has 27 heavy (non-hydrogen) atoms. The van der Waals surface area contributed by atoms with Crippen molar-refractivity contribution >= 4 is 5.91 Å². The Morgan fingerprint density at radius 2 is 2.00 bits per heavy atom. The van der Waals surface area contributed by atoms with Crippen LogP contribution in [0.25, 0.3) is 0 Å². The lowest BCUT2D eigenvalue weighted by molar-refractivity contribution is 0.0667. The van der Waals surface area contributed by atoms with E-state index in [4.69, 9.17) is 0 Å². The van der Waals surface area contributed by atoms with Crippen LogP contribution in [0.3, 0.4) is 0 Å². The Kier molecular flexibility index (Phi) is 4.35. The third-order valence-corrected chi connectivity index (χ3v) is 4.85. The van der Waals surface area contributed by atoms with Gasteiger partial charge in [-0.05, 0) is 31.0 Å². The standard InChI is InChI=1S/C20H19FN4O2/c1-13-22-23-19-12-24(20(27)17-8-7-16(26)10-18(17)21)11-15(25(13)19)9-14-5-3-2-4-6-14/h2-8,10,15,26H,9,11-12H2,1H3/t15-/m1/s1. The minimum atomic E-state index is -0.733. The number of benzene rings is 2. The highest BCUT2D eigenvalue weighted by Crippen LogP contribution is 2.27. The smallest absolute Gasteiger partial charge is 0.257 e. The highest BCUT2D eigenvalue weighted by atomic mass is 19.1. The topological polar surface area (TPSA) is 71.2 Å². The molecule has 6 nitrogen and oxygen atoms in total. The third kappa shape index (κ3) is 3.28. The maximum atomic E-state index is 14.2. The predicted octanol–water partition coefficient (Wildman–Crippen LogP) is 2.87.